The number of hydrogen-bond acceptors (Lipinski definition) is 5. The fourth-order valence-electron chi connectivity index (χ4n) is 3.35. The van der Waals surface area contributed by atoms with E-state index in [9.17, 15) is 22.8 Å². The molecule has 33 heavy (non-hydrogen) atoms. The molecule has 0 saturated heterocycles. The Morgan fingerprint density at radius 1 is 1.12 bits per heavy atom. The van der Waals surface area contributed by atoms with E-state index >= 15 is 0 Å². The SMILES string of the molecule is CN/C(Oc1cccc(C(F)(F)F)c1)=C(\C(C)=N)C(=O)NC1(c2ccc(C(=O)O)cc2)CC1. The van der Waals surface area contributed by atoms with Gasteiger partial charge in [-0.15, -0.1) is 0 Å². The van der Waals surface area contributed by atoms with Crippen LogP contribution in [0.1, 0.15) is 41.3 Å². The molecule has 1 aliphatic rings. The van der Waals surface area contributed by atoms with Crippen molar-refractivity contribution in [3.63, 3.8) is 0 Å². The molecule has 1 amide bonds. The molecule has 2 aromatic rings. The Hall–Kier alpha value is -3.82. The van der Waals surface area contributed by atoms with Crippen molar-refractivity contribution in [1.29, 1.82) is 5.41 Å². The van der Waals surface area contributed by atoms with Crippen LogP contribution >= 0.6 is 0 Å². The van der Waals surface area contributed by atoms with Crippen LogP contribution in [0.15, 0.2) is 60.0 Å². The Morgan fingerprint density at radius 2 is 1.76 bits per heavy atom. The van der Waals surface area contributed by atoms with Gasteiger partial charge in [0.05, 0.1) is 16.7 Å². The Morgan fingerprint density at radius 3 is 2.24 bits per heavy atom. The molecule has 174 valence electrons. The summed E-state index contributed by atoms with van der Waals surface area (Å²) in [6.45, 7) is 1.36. The van der Waals surface area contributed by atoms with Gasteiger partial charge in [0.15, 0.2) is 0 Å². The minimum Gasteiger partial charge on any atom is -0.478 e. The second-order valence-corrected chi connectivity index (χ2v) is 7.63. The van der Waals surface area contributed by atoms with Crippen LogP contribution in [0.2, 0.25) is 0 Å². The molecule has 0 spiro atoms. The summed E-state index contributed by atoms with van der Waals surface area (Å²) < 4.78 is 44.6. The van der Waals surface area contributed by atoms with Gasteiger partial charge in [0.2, 0.25) is 5.88 Å². The fourth-order valence-corrected chi connectivity index (χ4v) is 3.35. The van der Waals surface area contributed by atoms with E-state index in [0.717, 1.165) is 12.1 Å². The molecule has 0 aromatic heterocycles. The first-order valence-corrected chi connectivity index (χ1v) is 9.96. The van der Waals surface area contributed by atoms with Crippen molar-refractivity contribution in [2.75, 3.05) is 7.05 Å². The van der Waals surface area contributed by atoms with E-state index in [-0.39, 0.29) is 28.5 Å². The highest BCUT2D eigenvalue weighted by Crippen LogP contribution is 2.45. The summed E-state index contributed by atoms with van der Waals surface area (Å²) in [5.41, 5.74) is -1.11. The first-order chi connectivity index (χ1) is 15.5. The minimum absolute atomic E-state index is 0.115. The molecular formula is C23H22F3N3O4. The number of amides is 1. The van der Waals surface area contributed by atoms with Crippen LogP contribution in [0, 0.1) is 5.41 Å². The van der Waals surface area contributed by atoms with Gasteiger partial charge in [-0.05, 0) is 55.7 Å². The van der Waals surface area contributed by atoms with E-state index in [0.29, 0.717) is 18.4 Å². The second kappa shape index (κ2) is 8.97. The quantitative estimate of drug-likeness (QED) is 0.269. The fraction of sp³-hybridized carbons (Fsp3) is 0.261. The second-order valence-electron chi connectivity index (χ2n) is 7.63. The predicted molar refractivity (Wildman–Crippen MR) is 114 cm³/mol. The van der Waals surface area contributed by atoms with Crippen LogP contribution in [0.25, 0.3) is 0 Å². The molecule has 0 radical (unpaired) electrons. The zero-order valence-corrected chi connectivity index (χ0v) is 17.8. The van der Waals surface area contributed by atoms with Gasteiger partial charge in [0, 0.05) is 12.8 Å². The third-order valence-corrected chi connectivity index (χ3v) is 5.22. The normalized spacial score (nSPS) is 15.2. The molecule has 1 fully saturated rings. The van der Waals surface area contributed by atoms with E-state index < -0.39 is 29.2 Å². The van der Waals surface area contributed by atoms with Crippen molar-refractivity contribution in [2.24, 2.45) is 0 Å². The van der Waals surface area contributed by atoms with Gasteiger partial charge in [-0.25, -0.2) is 4.79 Å². The molecule has 0 aliphatic heterocycles. The number of carbonyl (C=O) groups excluding carboxylic acids is 1. The Kier molecular flexibility index (Phi) is 6.48. The van der Waals surface area contributed by atoms with Crippen molar-refractivity contribution in [3.05, 3.63) is 76.7 Å². The maximum absolute atomic E-state index is 13.1. The number of aromatic carboxylic acids is 1. The van der Waals surface area contributed by atoms with Crippen molar-refractivity contribution in [1.82, 2.24) is 10.6 Å². The zero-order valence-electron chi connectivity index (χ0n) is 17.8. The van der Waals surface area contributed by atoms with E-state index in [1.807, 2.05) is 0 Å². The number of alkyl halides is 3. The number of carbonyl (C=O) groups is 2. The first kappa shape index (κ1) is 23.8. The van der Waals surface area contributed by atoms with Crippen LogP contribution in [0.4, 0.5) is 13.2 Å². The van der Waals surface area contributed by atoms with Crippen molar-refractivity contribution >= 4 is 17.6 Å². The summed E-state index contributed by atoms with van der Waals surface area (Å²) in [4.78, 5) is 24.2. The van der Waals surface area contributed by atoms with Crippen molar-refractivity contribution in [2.45, 2.75) is 31.5 Å². The number of benzene rings is 2. The van der Waals surface area contributed by atoms with Gasteiger partial charge in [0.25, 0.3) is 5.91 Å². The lowest BCUT2D eigenvalue weighted by molar-refractivity contribution is -0.137. The number of carboxylic acid groups (broad SMARTS) is 1. The molecule has 10 heteroatoms. The van der Waals surface area contributed by atoms with Gasteiger partial charge in [-0.1, -0.05) is 18.2 Å². The highest BCUT2D eigenvalue weighted by molar-refractivity contribution is 6.20. The van der Waals surface area contributed by atoms with Crippen molar-refractivity contribution < 1.29 is 32.6 Å². The summed E-state index contributed by atoms with van der Waals surface area (Å²) in [6, 6.07) is 10.3. The van der Waals surface area contributed by atoms with E-state index in [2.05, 4.69) is 10.6 Å². The lowest BCUT2D eigenvalue weighted by atomic mass is 10.0. The molecule has 2 aromatic carbocycles. The molecule has 1 saturated carbocycles. The topological polar surface area (TPSA) is 112 Å². The Balaban J connectivity index is 1.88. The predicted octanol–water partition coefficient (Wildman–Crippen LogP) is 4.06. The molecule has 3 rings (SSSR count). The molecule has 1 aliphatic carbocycles. The van der Waals surface area contributed by atoms with Crippen LogP contribution in [0.3, 0.4) is 0 Å². The van der Waals surface area contributed by atoms with Crippen LogP contribution in [-0.2, 0) is 16.5 Å². The Bertz CT molecular complexity index is 1120. The number of ether oxygens (including phenoxy) is 1. The summed E-state index contributed by atoms with van der Waals surface area (Å²) in [7, 11) is 1.43. The molecule has 4 N–H and O–H groups in total. The molecular weight excluding hydrogens is 439 g/mol. The lowest BCUT2D eigenvalue weighted by Gasteiger charge is -2.21. The summed E-state index contributed by atoms with van der Waals surface area (Å²) in [6.07, 6.45) is -3.34. The summed E-state index contributed by atoms with van der Waals surface area (Å²) in [5, 5.41) is 22.6. The number of rotatable bonds is 8. The first-order valence-electron chi connectivity index (χ1n) is 9.96. The average molecular weight is 461 g/mol. The van der Waals surface area contributed by atoms with E-state index in [1.165, 1.54) is 38.2 Å². The molecule has 7 nitrogen and oxygen atoms in total. The van der Waals surface area contributed by atoms with Crippen molar-refractivity contribution in [3.8, 4) is 5.75 Å². The summed E-state index contributed by atoms with van der Waals surface area (Å²) in [5.74, 6) is -2.02. The van der Waals surface area contributed by atoms with Crippen LogP contribution in [-0.4, -0.2) is 29.7 Å². The molecule has 0 bridgehead atoms. The lowest BCUT2D eigenvalue weighted by Crippen LogP contribution is -2.39. The monoisotopic (exact) mass is 461 g/mol. The minimum atomic E-state index is -4.56. The van der Waals surface area contributed by atoms with Gasteiger partial charge in [0.1, 0.15) is 11.3 Å². The third kappa shape index (κ3) is 5.33. The molecule has 0 atom stereocenters. The molecule has 0 unspecified atom stereocenters. The number of halogens is 3. The highest BCUT2D eigenvalue weighted by atomic mass is 19.4. The smallest absolute Gasteiger partial charge is 0.416 e. The number of carboxylic acids is 1. The van der Waals surface area contributed by atoms with E-state index in [4.69, 9.17) is 15.3 Å². The molecule has 0 heterocycles. The average Bonchev–Trinajstić information content (AvgIpc) is 3.53. The van der Waals surface area contributed by atoms with Crippen LogP contribution in [0.5, 0.6) is 5.75 Å². The zero-order chi connectivity index (χ0) is 24.4. The Labute approximate surface area is 187 Å². The maximum atomic E-state index is 13.1. The van der Waals surface area contributed by atoms with Gasteiger partial charge in [-0.2, -0.15) is 13.2 Å². The third-order valence-electron chi connectivity index (χ3n) is 5.22. The maximum Gasteiger partial charge on any atom is 0.416 e. The van der Waals surface area contributed by atoms with E-state index in [1.54, 1.807) is 12.1 Å². The van der Waals surface area contributed by atoms with Crippen LogP contribution < -0.4 is 15.4 Å². The standard InChI is InChI=1S/C23H22F3N3O4/c1-13(27)18(20(28-2)33-17-5-3-4-16(12-17)23(24,25)26)19(30)29-22(10-11-22)15-8-6-14(7-9-15)21(31)32/h3-9,12,27-28H,10-11H2,1-2H3,(H,29,30)(H,31,32)/b20-18-,27-13?. The number of nitrogens with one attached hydrogen (secondary N) is 3. The van der Waals surface area contributed by atoms with Gasteiger partial charge >= 0.3 is 12.1 Å². The van der Waals surface area contributed by atoms with Gasteiger partial charge < -0.3 is 25.9 Å². The summed E-state index contributed by atoms with van der Waals surface area (Å²) >= 11 is 0. The number of hydrogen-bond donors (Lipinski definition) is 4. The largest absolute Gasteiger partial charge is 0.478 e. The highest BCUT2D eigenvalue weighted by Gasteiger charge is 2.46. The van der Waals surface area contributed by atoms with Gasteiger partial charge in [-0.3, -0.25) is 4.79 Å².